The summed E-state index contributed by atoms with van der Waals surface area (Å²) in [5, 5.41) is 12.1. The number of nitrogens with one attached hydrogen (secondary N) is 1. The number of hydrogen-bond acceptors (Lipinski definition) is 3. The van der Waals surface area contributed by atoms with Crippen molar-refractivity contribution in [1.29, 1.82) is 0 Å². The first-order valence-electron chi connectivity index (χ1n) is 6.03. The number of carbonyl (C=O) groups is 1. The lowest BCUT2D eigenvalue weighted by Crippen LogP contribution is -2.42. The van der Waals surface area contributed by atoms with Gasteiger partial charge in [-0.3, -0.25) is 0 Å². The standard InChI is InChI=1S/C14H21NO3/c1-10(18-13(17)15-14(2,3)4)8-11-6-5-7-12(16)9-11/h5-7,9-10,16H,8H2,1-4H3,(H,15,17)/t10-/m1/s1. The molecule has 0 aliphatic carbocycles. The minimum Gasteiger partial charge on any atom is -0.508 e. The molecule has 0 spiro atoms. The third-order valence-electron chi connectivity index (χ3n) is 2.22. The monoisotopic (exact) mass is 251 g/mol. The van der Waals surface area contributed by atoms with Crippen LogP contribution in [0.25, 0.3) is 0 Å². The highest BCUT2D eigenvalue weighted by Crippen LogP contribution is 2.13. The van der Waals surface area contributed by atoms with Gasteiger partial charge in [0.1, 0.15) is 11.9 Å². The molecule has 4 heteroatoms. The van der Waals surface area contributed by atoms with E-state index in [0.29, 0.717) is 6.42 Å². The maximum atomic E-state index is 11.5. The van der Waals surface area contributed by atoms with Crippen LogP contribution in [-0.4, -0.2) is 22.8 Å². The SMILES string of the molecule is C[C@H](Cc1cccc(O)c1)OC(=O)NC(C)(C)C. The quantitative estimate of drug-likeness (QED) is 0.868. The molecule has 1 aromatic carbocycles. The molecule has 4 nitrogen and oxygen atoms in total. The molecule has 0 radical (unpaired) electrons. The lowest BCUT2D eigenvalue weighted by Gasteiger charge is -2.22. The Morgan fingerprint density at radius 2 is 2.11 bits per heavy atom. The van der Waals surface area contributed by atoms with Crippen LogP contribution in [-0.2, 0) is 11.2 Å². The van der Waals surface area contributed by atoms with Gasteiger partial charge in [-0.2, -0.15) is 0 Å². The van der Waals surface area contributed by atoms with Crippen LogP contribution in [0.15, 0.2) is 24.3 Å². The number of carbonyl (C=O) groups excluding carboxylic acids is 1. The first-order valence-corrected chi connectivity index (χ1v) is 6.03. The van der Waals surface area contributed by atoms with Crippen LogP contribution in [0.1, 0.15) is 33.3 Å². The van der Waals surface area contributed by atoms with E-state index in [1.165, 1.54) is 0 Å². The average Bonchev–Trinajstić information content (AvgIpc) is 2.13. The van der Waals surface area contributed by atoms with Crippen LogP contribution in [0.4, 0.5) is 4.79 Å². The first kappa shape index (κ1) is 14.4. The Balaban J connectivity index is 2.47. The third-order valence-corrected chi connectivity index (χ3v) is 2.22. The van der Waals surface area contributed by atoms with Crippen LogP contribution in [0.2, 0.25) is 0 Å². The second-order valence-corrected chi connectivity index (χ2v) is 5.46. The van der Waals surface area contributed by atoms with Gasteiger partial charge in [0.2, 0.25) is 0 Å². The number of alkyl carbamates (subject to hydrolysis) is 1. The fourth-order valence-electron chi connectivity index (χ4n) is 1.58. The maximum Gasteiger partial charge on any atom is 0.407 e. The zero-order valence-electron chi connectivity index (χ0n) is 11.4. The minimum absolute atomic E-state index is 0.221. The highest BCUT2D eigenvalue weighted by atomic mass is 16.6. The van der Waals surface area contributed by atoms with Crippen molar-refractivity contribution in [2.75, 3.05) is 0 Å². The van der Waals surface area contributed by atoms with Gasteiger partial charge in [0.15, 0.2) is 0 Å². The summed E-state index contributed by atoms with van der Waals surface area (Å²) in [4.78, 5) is 11.5. The van der Waals surface area contributed by atoms with Crippen LogP contribution in [0, 0.1) is 0 Å². The number of phenolic OH excluding ortho intramolecular Hbond substituents is 1. The summed E-state index contributed by atoms with van der Waals surface area (Å²) < 4.78 is 5.24. The predicted molar refractivity (Wildman–Crippen MR) is 70.6 cm³/mol. The number of rotatable bonds is 3. The molecule has 0 fully saturated rings. The number of aromatic hydroxyl groups is 1. The number of benzene rings is 1. The number of phenols is 1. The van der Waals surface area contributed by atoms with E-state index < -0.39 is 6.09 Å². The molecule has 2 N–H and O–H groups in total. The van der Waals surface area contributed by atoms with Gasteiger partial charge in [0.25, 0.3) is 0 Å². The average molecular weight is 251 g/mol. The second kappa shape index (κ2) is 5.76. The summed E-state index contributed by atoms with van der Waals surface area (Å²) in [7, 11) is 0. The van der Waals surface area contributed by atoms with Crippen LogP contribution in [0.5, 0.6) is 5.75 Å². The van der Waals surface area contributed by atoms with E-state index in [0.717, 1.165) is 5.56 Å². The van der Waals surface area contributed by atoms with Crippen LogP contribution in [0.3, 0.4) is 0 Å². The molecule has 0 unspecified atom stereocenters. The van der Waals surface area contributed by atoms with Crippen LogP contribution < -0.4 is 5.32 Å². The van der Waals surface area contributed by atoms with Crippen molar-refractivity contribution in [3.05, 3.63) is 29.8 Å². The third kappa shape index (κ3) is 5.57. The molecule has 0 saturated heterocycles. The molecule has 18 heavy (non-hydrogen) atoms. The summed E-state index contributed by atoms with van der Waals surface area (Å²) in [5.74, 6) is 0.221. The van der Waals surface area contributed by atoms with E-state index in [-0.39, 0.29) is 17.4 Å². The Hall–Kier alpha value is -1.71. The van der Waals surface area contributed by atoms with E-state index in [9.17, 15) is 9.90 Å². The summed E-state index contributed by atoms with van der Waals surface area (Å²) >= 11 is 0. The van der Waals surface area contributed by atoms with Gasteiger partial charge >= 0.3 is 6.09 Å². The van der Waals surface area contributed by atoms with E-state index in [1.807, 2.05) is 33.8 Å². The zero-order valence-corrected chi connectivity index (χ0v) is 11.4. The lowest BCUT2D eigenvalue weighted by molar-refractivity contribution is 0.100. The maximum absolute atomic E-state index is 11.5. The molecule has 0 saturated carbocycles. The molecule has 1 rings (SSSR count). The molecule has 0 bridgehead atoms. The van der Waals surface area contributed by atoms with Gasteiger partial charge in [-0.25, -0.2) is 4.79 Å². The van der Waals surface area contributed by atoms with Gasteiger partial charge in [-0.05, 0) is 45.4 Å². The van der Waals surface area contributed by atoms with E-state index in [1.54, 1.807) is 18.2 Å². The van der Waals surface area contributed by atoms with Gasteiger partial charge in [0.05, 0.1) is 0 Å². The largest absolute Gasteiger partial charge is 0.508 e. The summed E-state index contributed by atoms with van der Waals surface area (Å²) in [5.41, 5.74) is 0.632. The molecular weight excluding hydrogens is 230 g/mol. The van der Waals surface area contributed by atoms with E-state index in [2.05, 4.69) is 5.32 Å². The lowest BCUT2D eigenvalue weighted by atomic mass is 10.1. The summed E-state index contributed by atoms with van der Waals surface area (Å²) in [6.07, 6.45) is -0.0873. The first-order chi connectivity index (χ1) is 8.26. The zero-order chi connectivity index (χ0) is 13.8. The highest BCUT2D eigenvalue weighted by Gasteiger charge is 2.17. The Labute approximate surface area is 108 Å². The number of hydrogen-bond donors (Lipinski definition) is 2. The van der Waals surface area contributed by atoms with Crippen molar-refractivity contribution in [3.63, 3.8) is 0 Å². The normalized spacial score (nSPS) is 12.9. The fourth-order valence-corrected chi connectivity index (χ4v) is 1.58. The Kier molecular flexibility index (Phi) is 4.59. The topological polar surface area (TPSA) is 58.6 Å². The Morgan fingerprint density at radius 3 is 2.67 bits per heavy atom. The predicted octanol–water partition coefficient (Wildman–Crippen LogP) is 2.85. The molecule has 1 aromatic rings. The van der Waals surface area contributed by atoms with Crippen LogP contribution >= 0.6 is 0 Å². The smallest absolute Gasteiger partial charge is 0.407 e. The fraction of sp³-hybridized carbons (Fsp3) is 0.500. The molecular formula is C14H21NO3. The van der Waals surface area contributed by atoms with Crippen molar-refractivity contribution in [3.8, 4) is 5.75 Å². The second-order valence-electron chi connectivity index (χ2n) is 5.46. The summed E-state index contributed by atoms with van der Waals surface area (Å²) in [6, 6.07) is 6.94. The van der Waals surface area contributed by atoms with E-state index >= 15 is 0 Å². The van der Waals surface area contributed by atoms with Crippen molar-refractivity contribution in [1.82, 2.24) is 5.32 Å². The van der Waals surface area contributed by atoms with Crippen molar-refractivity contribution in [2.24, 2.45) is 0 Å². The van der Waals surface area contributed by atoms with Gasteiger partial charge < -0.3 is 15.2 Å². The molecule has 100 valence electrons. The van der Waals surface area contributed by atoms with Crippen molar-refractivity contribution >= 4 is 6.09 Å². The summed E-state index contributed by atoms with van der Waals surface area (Å²) in [6.45, 7) is 7.52. The van der Waals surface area contributed by atoms with Crippen molar-refractivity contribution < 1.29 is 14.6 Å². The molecule has 0 aliphatic heterocycles. The Bertz CT molecular complexity index is 410. The number of amides is 1. The molecule has 0 heterocycles. The van der Waals surface area contributed by atoms with Gasteiger partial charge in [-0.15, -0.1) is 0 Å². The molecule has 1 amide bonds. The molecule has 1 atom stereocenters. The molecule has 0 aliphatic rings. The number of ether oxygens (including phenoxy) is 1. The molecule has 0 aromatic heterocycles. The highest BCUT2D eigenvalue weighted by molar-refractivity contribution is 5.68. The minimum atomic E-state index is -0.421. The van der Waals surface area contributed by atoms with Gasteiger partial charge in [0, 0.05) is 12.0 Å². The van der Waals surface area contributed by atoms with Crippen molar-refractivity contribution in [2.45, 2.75) is 45.8 Å². The van der Waals surface area contributed by atoms with E-state index in [4.69, 9.17) is 4.74 Å². The Morgan fingerprint density at radius 1 is 1.44 bits per heavy atom. The van der Waals surface area contributed by atoms with Gasteiger partial charge in [-0.1, -0.05) is 12.1 Å².